The van der Waals surface area contributed by atoms with Crippen LogP contribution in [0.25, 0.3) is 6.08 Å². The Morgan fingerprint density at radius 2 is 1.74 bits per heavy atom. The molecule has 38 heavy (non-hydrogen) atoms. The Bertz CT molecular complexity index is 1030. The summed E-state index contributed by atoms with van der Waals surface area (Å²) in [5.74, 6) is 2.42. The van der Waals surface area contributed by atoms with Crippen LogP contribution in [-0.4, -0.2) is 30.0 Å². The van der Waals surface area contributed by atoms with E-state index in [0.717, 1.165) is 19.4 Å². The van der Waals surface area contributed by atoms with E-state index < -0.39 is 0 Å². The van der Waals surface area contributed by atoms with Gasteiger partial charge in [0, 0.05) is 12.5 Å². The third kappa shape index (κ3) is 4.97. The average Bonchev–Trinajstić information content (AvgIpc) is 3.24. The topological polar surface area (TPSA) is 55.5 Å². The third-order valence-corrected chi connectivity index (χ3v) is 11.2. The minimum atomic E-state index is -0.158. The van der Waals surface area contributed by atoms with E-state index >= 15 is 0 Å². The first kappa shape index (κ1) is 28.1. The van der Waals surface area contributed by atoms with Crippen molar-refractivity contribution in [2.75, 3.05) is 13.2 Å². The number of benzene rings is 1. The average molecular weight is 520 g/mol. The molecule has 0 amide bonds. The molecule has 0 radical (unpaired) electrons. The molecule has 3 N–H and O–H groups in total. The number of nitrogens with two attached hydrogens (primary N) is 1. The van der Waals surface area contributed by atoms with E-state index in [9.17, 15) is 5.11 Å². The maximum Gasteiger partial charge on any atom is 0.0691 e. The minimum Gasteiger partial charge on any atom is -0.393 e. The van der Waals surface area contributed by atoms with Gasteiger partial charge in [-0.2, -0.15) is 0 Å². The maximum absolute atomic E-state index is 11.2. The van der Waals surface area contributed by atoms with E-state index in [2.05, 4.69) is 51.1 Å². The highest BCUT2D eigenvalue weighted by atomic mass is 16.5. The molecular formula is C35H53NO2. The Kier molecular flexibility index (Phi) is 8.04. The van der Waals surface area contributed by atoms with Crippen LogP contribution in [0.1, 0.15) is 116 Å². The zero-order valence-corrected chi connectivity index (χ0v) is 24.8. The standard InChI is InChI=1S/C33H47NO2.C2H6/c1-31(2)16-17-33(36-21-31)15-14-25-24(19-33)10-11-26-28-12-13-29(35)32(28,3)20-27(30(25)26)23-8-6-22(7-9-23)5-4-18-34;1-2/h4-9,24,26-29,35H,10-21,34H2,1-3H3;1-2H3/b5-4+;. The van der Waals surface area contributed by atoms with Crippen molar-refractivity contribution in [1.29, 1.82) is 0 Å². The summed E-state index contributed by atoms with van der Waals surface area (Å²) in [6.07, 6.45) is 16.0. The van der Waals surface area contributed by atoms with E-state index in [1.54, 1.807) is 11.1 Å². The molecule has 1 aromatic rings. The summed E-state index contributed by atoms with van der Waals surface area (Å²) in [5, 5.41) is 11.2. The van der Waals surface area contributed by atoms with E-state index in [0.29, 0.717) is 35.6 Å². The van der Waals surface area contributed by atoms with Gasteiger partial charge in [-0.15, -0.1) is 0 Å². The second kappa shape index (κ2) is 10.9. The van der Waals surface area contributed by atoms with Crippen molar-refractivity contribution in [1.82, 2.24) is 0 Å². The molecule has 1 aliphatic heterocycles. The highest BCUT2D eigenvalue weighted by Crippen LogP contribution is 2.65. The van der Waals surface area contributed by atoms with Crippen LogP contribution in [-0.2, 0) is 4.74 Å². The lowest BCUT2D eigenvalue weighted by Crippen LogP contribution is -2.49. The van der Waals surface area contributed by atoms with Crippen molar-refractivity contribution in [3.63, 3.8) is 0 Å². The summed E-state index contributed by atoms with van der Waals surface area (Å²) < 4.78 is 6.69. The molecule has 3 saturated carbocycles. The fourth-order valence-corrected chi connectivity index (χ4v) is 9.07. The van der Waals surface area contributed by atoms with Gasteiger partial charge in [-0.25, -0.2) is 0 Å². The molecular weight excluding hydrogens is 466 g/mol. The number of fused-ring (bicyclic) bond motifs is 4. The second-order valence-corrected chi connectivity index (χ2v) is 14.0. The lowest BCUT2D eigenvalue weighted by molar-refractivity contribution is -0.144. The highest BCUT2D eigenvalue weighted by Gasteiger charge is 2.57. The predicted molar refractivity (Wildman–Crippen MR) is 159 cm³/mol. The molecule has 1 saturated heterocycles. The minimum absolute atomic E-state index is 0.0400. The van der Waals surface area contributed by atoms with E-state index in [1.807, 2.05) is 19.9 Å². The first-order chi connectivity index (χ1) is 18.2. The smallest absolute Gasteiger partial charge is 0.0691 e. The van der Waals surface area contributed by atoms with Crippen molar-refractivity contribution in [3.8, 4) is 0 Å². The van der Waals surface area contributed by atoms with Gasteiger partial charge in [0.05, 0.1) is 18.3 Å². The first-order valence-corrected chi connectivity index (χ1v) is 15.8. The Morgan fingerprint density at radius 1 is 0.974 bits per heavy atom. The number of rotatable bonds is 3. The Morgan fingerprint density at radius 3 is 2.42 bits per heavy atom. The summed E-state index contributed by atoms with van der Waals surface area (Å²) in [6, 6.07) is 9.23. The van der Waals surface area contributed by atoms with Gasteiger partial charge in [-0.3, -0.25) is 0 Å². The molecule has 210 valence electrons. The second-order valence-electron chi connectivity index (χ2n) is 14.0. The van der Waals surface area contributed by atoms with Gasteiger partial charge in [0.15, 0.2) is 0 Å². The highest BCUT2D eigenvalue weighted by molar-refractivity contribution is 5.51. The van der Waals surface area contributed by atoms with Gasteiger partial charge in [-0.05, 0) is 104 Å². The summed E-state index contributed by atoms with van der Waals surface area (Å²) in [6.45, 7) is 12.6. The fraction of sp³-hybridized carbons (Fsp3) is 0.714. The molecule has 6 rings (SSSR count). The molecule has 0 aromatic heterocycles. The molecule has 3 nitrogen and oxygen atoms in total. The third-order valence-electron chi connectivity index (χ3n) is 11.2. The summed E-state index contributed by atoms with van der Waals surface area (Å²) in [5.41, 5.74) is 12.4. The van der Waals surface area contributed by atoms with Crippen LogP contribution in [0.3, 0.4) is 0 Å². The molecule has 3 heteroatoms. The first-order valence-electron chi connectivity index (χ1n) is 15.8. The Labute approximate surface area is 232 Å². The van der Waals surface area contributed by atoms with Gasteiger partial charge in [0.1, 0.15) is 0 Å². The van der Waals surface area contributed by atoms with Crippen LogP contribution >= 0.6 is 0 Å². The van der Waals surface area contributed by atoms with Gasteiger partial charge in [-0.1, -0.05) is 82.2 Å². The van der Waals surface area contributed by atoms with Crippen molar-refractivity contribution in [2.45, 2.75) is 116 Å². The quantitative estimate of drug-likeness (QED) is 0.397. The molecule has 1 aromatic carbocycles. The largest absolute Gasteiger partial charge is 0.393 e. The summed E-state index contributed by atoms with van der Waals surface area (Å²) >= 11 is 0. The van der Waals surface area contributed by atoms with Gasteiger partial charge in [0.25, 0.3) is 0 Å². The van der Waals surface area contributed by atoms with Gasteiger partial charge in [0.2, 0.25) is 0 Å². The summed E-state index contributed by atoms with van der Waals surface area (Å²) in [7, 11) is 0. The van der Waals surface area contributed by atoms with E-state index in [-0.39, 0.29) is 17.1 Å². The molecule has 7 atom stereocenters. The van der Waals surface area contributed by atoms with E-state index in [4.69, 9.17) is 10.5 Å². The maximum atomic E-state index is 11.2. The van der Waals surface area contributed by atoms with Gasteiger partial charge >= 0.3 is 0 Å². The molecule has 4 aliphatic carbocycles. The number of ether oxygens (including phenoxy) is 1. The molecule has 0 bridgehead atoms. The molecule has 5 aliphatic rings. The molecule has 1 spiro atoms. The van der Waals surface area contributed by atoms with Crippen molar-refractivity contribution >= 4 is 6.08 Å². The van der Waals surface area contributed by atoms with Crippen LogP contribution in [0.15, 0.2) is 41.5 Å². The lowest BCUT2D eigenvalue weighted by atomic mass is 9.51. The number of aliphatic hydroxyl groups is 1. The fourth-order valence-electron chi connectivity index (χ4n) is 9.07. The molecule has 7 unspecified atom stereocenters. The number of allylic oxidation sites excluding steroid dienone is 2. The predicted octanol–water partition coefficient (Wildman–Crippen LogP) is 8.03. The zero-order valence-electron chi connectivity index (χ0n) is 24.8. The van der Waals surface area contributed by atoms with Crippen LogP contribution in [0.4, 0.5) is 0 Å². The number of aliphatic hydroxyl groups excluding tert-OH is 1. The van der Waals surface area contributed by atoms with Crippen LogP contribution in [0, 0.1) is 28.6 Å². The SMILES string of the molecule is CC.CC1(C)CCC2(CCC3=C4C(c5ccc(/C=C/CN)cc5)CC5(C)C(O)CCC5C4CCC3C2)OC1. The van der Waals surface area contributed by atoms with Crippen LogP contribution < -0.4 is 5.73 Å². The lowest BCUT2D eigenvalue weighted by Gasteiger charge is -2.55. The number of hydrogen-bond acceptors (Lipinski definition) is 3. The van der Waals surface area contributed by atoms with Gasteiger partial charge < -0.3 is 15.6 Å². The molecule has 4 fully saturated rings. The van der Waals surface area contributed by atoms with Crippen molar-refractivity contribution < 1.29 is 9.84 Å². The Balaban J connectivity index is 0.00000144. The Hall–Kier alpha value is -1.42. The summed E-state index contributed by atoms with van der Waals surface area (Å²) in [4.78, 5) is 0. The van der Waals surface area contributed by atoms with Crippen molar-refractivity contribution in [2.24, 2.45) is 34.3 Å². The van der Waals surface area contributed by atoms with Crippen LogP contribution in [0.5, 0.6) is 0 Å². The zero-order chi connectivity index (χ0) is 27.1. The van der Waals surface area contributed by atoms with Crippen molar-refractivity contribution in [3.05, 3.63) is 52.6 Å². The number of hydrogen-bond donors (Lipinski definition) is 2. The monoisotopic (exact) mass is 519 g/mol. The normalized spacial score (nSPS) is 39.8. The molecule has 1 heterocycles. The van der Waals surface area contributed by atoms with E-state index in [1.165, 1.54) is 62.5 Å². The van der Waals surface area contributed by atoms with Crippen LogP contribution in [0.2, 0.25) is 0 Å².